The number of hydrogen-bond donors (Lipinski definition) is 0. The zero-order valence-corrected chi connectivity index (χ0v) is 11.3. The highest BCUT2D eigenvalue weighted by molar-refractivity contribution is 5.77. The second-order valence-electron chi connectivity index (χ2n) is 5.99. The number of carbonyl (C=O) groups is 1. The number of rotatable bonds is 4. The van der Waals surface area contributed by atoms with E-state index in [1.807, 2.05) is 0 Å². The number of carbonyl (C=O) groups excluding carboxylic acids is 1. The fourth-order valence-electron chi connectivity index (χ4n) is 3.08. The van der Waals surface area contributed by atoms with Gasteiger partial charge in [0.1, 0.15) is 0 Å². The van der Waals surface area contributed by atoms with Gasteiger partial charge in [0.2, 0.25) is 5.91 Å². The van der Waals surface area contributed by atoms with E-state index in [2.05, 4.69) is 23.6 Å². The lowest BCUT2D eigenvalue weighted by Crippen LogP contribution is -2.42. The van der Waals surface area contributed by atoms with Gasteiger partial charge in [0.15, 0.2) is 0 Å². The van der Waals surface area contributed by atoms with Crippen LogP contribution in [-0.4, -0.2) is 47.9 Å². The summed E-state index contributed by atoms with van der Waals surface area (Å²) in [5.74, 6) is 0.859. The lowest BCUT2D eigenvalue weighted by Gasteiger charge is -2.29. The average Bonchev–Trinajstić information content (AvgIpc) is 2.88. The highest BCUT2D eigenvalue weighted by Crippen LogP contribution is 2.22. The van der Waals surface area contributed by atoms with Crippen LogP contribution >= 0.6 is 0 Å². The van der Waals surface area contributed by atoms with E-state index in [9.17, 15) is 4.79 Å². The molecule has 1 atom stereocenters. The fraction of sp³-hybridized carbons (Fsp3) is 0.929. The second-order valence-corrected chi connectivity index (χ2v) is 5.99. The van der Waals surface area contributed by atoms with Gasteiger partial charge < -0.3 is 9.80 Å². The maximum absolute atomic E-state index is 12.1. The van der Waals surface area contributed by atoms with E-state index in [0.717, 1.165) is 19.5 Å². The monoisotopic (exact) mass is 238 g/mol. The normalized spacial score (nSPS) is 26.1. The maximum Gasteiger partial charge on any atom is 0.223 e. The third-order valence-corrected chi connectivity index (χ3v) is 3.95. The summed E-state index contributed by atoms with van der Waals surface area (Å²) in [5, 5.41) is 0. The molecule has 2 rings (SSSR count). The summed E-state index contributed by atoms with van der Waals surface area (Å²) in [5.41, 5.74) is 0. The van der Waals surface area contributed by atoms with E-state index in [-0.39, 0.29) is 0 Å². The van der Waals surface area contributed by atoms with E-state index in [4.69, 9.17) is 0 Å². The van der Waals surface area contributed by atoms with Gasteiger partial charge >= 0.3 is 0 Å². The number of nitrogens with zero attached hydrogens (tertiary/aromatic N) is 2. The van der Waals surface area contributed by atoms with E-state index in [1.54, 1.807) is 0 Å². The summed E-state index contributed by atoms with van der Waals surface area (Å²) in [7, 11) is 0. The largest absolute Gasteiger partial charge is 0.338 e. The molecule has 2 saturated heterocycles. The zero-order chi connectivity index (χ0) is 12.3. The molecule has 0 N–H and O–H groups in total. The summed E-state index contributed by atoms with van der Waals surface area (Å²) in [6, 6.07) is 0.499. The van der Waals surface area contributed by atoms with Crippen LogP contribution in [0.25, 0.3) is 0 Å². The van der Waals surface area contributed by atoms with Gasteiger partial charge in [-0.05, 0) is 44.7 Å². The van der Waals surface area contributed by atoms with Crippen molar-refractivity contribution >= 4 is 5.91 Å². The maximum atomic E-state index is 12.1. The SMILES string of the molecule is CC(C)CC(=O)N1CCCC1CN1CCCC1. The summed E-state index contributed by atoms with van der Waals surface area (Å²) in [6.45, 7) is 8.84. The first-order valence-electron chi connectivity index (χ1n) is 7.18. The van der Waals surface area contributed by atoms with E-state index in [1.165, 1.54) is 38.8 Å². The molecule has 0 aromatic heterocycles. The number of amides is 1. The molecule has 3 nitrogen and oxygen atoms in total. The van der Waals surface area contributed by atoms with Crippen LogP contribution in [0, 0.1) is 5.92 Å². The predicted octanol–water partition coefficient (Wildman–Crippen LogP) is 2.12. The van der Waals surface area contributed by atoms with Gasteiger partial charge in [0.25, 0.3) is 0 Å². The van der Waals surface area contributed by atoms with Crippen LogP contribution in [0.2, 0.25) is 0 Å². The van der Waals surface area contributed by atoms with Crippen LogP contribution in [0.3, 0.4) is 0 Å². The van der Waals surface area contributed by atoms with Gasteiger partial charge in [-0.15, -0.1) is 0 Å². The Labute approximate surface area is 105 Å². The van der Waals surface area contributed by atoms with E-state index < -0.39 is 0 Å². The Bertz CT molecular complexity index is 259. The lowest BCUT2D eigenvalue weighted by atomic mass is 10.1. The minimum Gasteiger partial charge on any atom is -0.338 e. The lowest BCUT2D eigenvalue weighted by molar-refractivity contribution is -0.133. The standard InChI is InChI=1S/C14H26N2O/c1-12(2)10-14(17)16-9-5-6-13(16)11-15-7-3-4-8-15/h12-13H,3-11H2,1-2H3. The molecule has 2 heterocycles. The topological polar surface area (TPSA) is 23.6 Å². The summed E-state index contributed by atoms with van der Waals surface area (Å²) in [6.07, 6.45) is 5.80. The zero-order valence-electron chi connectivity index (χ0n) is 11.3. The molecule has 2 aliphatic heterocycles. The molecule has 0 radical (unpaired) electrons. The third-order valence-electron chi connectivity index (χ3n) is 3.95. The molecule has 0 bridgehead atoms. The molecule has 0 aliphatic carbocycles. The quantitative estimate of drug-likeness (QED) is 0.749. The second kappa shape index (κ2) is 5.85. The van der Waals surface area contributed by atoms with Crippen molar-refractivity contribution in [1.82, 2.24) is 9.80 Å². The van der Waals surface area contributed by atoms with Crippen molar-refractivity contribution in [3.63, 3.8) is 0 Å². The van der Waals surface area contributed by atoms with Crippen molar-refractivity contribution in [3.8, 4) is 0 Å². The van der Waals surface area contributed by atoms with E-state index >= 15 is 0 Å². The average molecular weight is 238 g/mol. The predicted molar refractivity (Wildman–Crippen MR) is 69.9 cm³/mol. The van der Waals surface area contributed by atoms with Gasteiger partial charge in [-0.3, -0.25) is 4.79 Å². The van der Waals surface area contributed by atoms with Crippen molar-refractivity contribution < 1.29 is 4.79 Å². The van der Waals surface area contributed by atoms with Gasteiger partial charge in [0, 0.05) is 25.6 Å². The Morgan fingerprint density at radius 1 is 1.18 bits per heavy atom. The Morgan fingerprint density at radius 3 is 2.53 bits per heavy atom. The molecule has 2 aliphatic rings. The first-order chi connectivity index (χ1) is 8.16. The third kappa shape index (κ3) is 3.44. The molecule has 98 valence electrons. The molecule has 0 aromatic rings. The minimum atomic E-state index is 0.377. The van der Waals surface area contributed by atoms with Gasteiger partial charge in [-0.1, -0.05) is 13.8 Å². The first kappa shape index (κ1) is 12.9. The van der Waals surface area contributed by atoms with Gasteiger partial charge in [-0.2, -0.15) is 0 Å². The molecule has 2 fully saturated rings. The fourth-order valence-corrected chi connectivity index (χ4v) is 3.08. The van der Waals surface area contributed by atoms with Crippen molar-refractivity contribution in [3.05, 3.63) is 0 Å². The highest BCUT2D eigenvalue weighted by atomic mass is 16.2. The van der Waals surface area contributed by atoms with Crippen molar-refractivity contribution in [2.75, 3.05) is 26.2 Å². The van der Waals surface area contributed by atoms with Crippen molar-refractivity contribution in [2.45, 2.75) is 52.0 Å². The Hall–Kier alpha value is -0.570. The molecule has 0 spiro atoms. The number of hydrogen-bond acceptors (Lipinski definition) is 2. The smallest absolute Gasteiger partial charge is 0.223 e. The Balaban J connectivity index is 1.85. The molecule has 1 amide bonds. The molecule has 17 heavy (non-hydrogen) atoms. The highest BCUT2D eigenvalue weighted by Gasteiger charge is 2.30. The van der Waals surface area contributed by atoms with Gasteiger partial charge in [-0.25, -0.2) is 0 Å². The molecule has 0 aromatic carbocycles. The van der Waals surface area contributed by atoms with Crippen molar-refractivity contribution in [2.24, 2.45) is 5.92 Å². The Kier molecular flexibility index (Phi) is 4.43. The molecule has 3 heteroatoms. The summed E-state index contributed by atoms with van der Waals surface area (Å²) >= 11 is 0. The van der Waals surface area contributed by atoms with E-state index in [0.29, 0.717) is 17.9 Å². The summed E-state index contributed by atoms with van der Waals surface area (Å²) in [4.78, 5) is 16.8. The van der Waals surface area contributed by atoms with Crippen LogP contribution < -0.4 is 0 Å². The van der Waals surface area contributed by atoms with Crippen molar-refractivity contribution in [1.29, 1.82) is 0 Å². The first-order valence-corrected chi connectivity index (χ1v) is 7.18. The van der Waals surface area contributed by atoms with Crippen LogP contribution in [0.4, 0.5) is 0 Å². The summed E-state index contributed by atoms with van der Waals surface area (Å²) < 4.78 is 0. The molecular weight excluding hydrogens is 212 g/mol. The van der Waals surface area contributed by atoms with Crippen LogP contribution in [0.5, 0.6) is 0 Å². The Morgan fingerprint density at radius 2 is 1.88 bits per heavy atom. The van der Waals surface area contributed by atoms with Crippen LogP contribution in [-0.2, 0) is 4.79 Å². The molecule has 0 saturated carbocycles. The minimum absolute atomic E-state index is 0.377. The number of likely N-dealkylation sites (tertiary alicyclic amines) is 2. The molecular formula is C14H26N2O. The van der Waals surface area contributed by atoms with Crippen LogP contribution in [0.15, 0.2) is 0 Å². The van der Waals surface area contributed by atoms with Gasteiger partial charge in [0.05, 0.1) is 0 Å². The van der Waals surface area contributed by atoms with Crippen LogP contribution in [0.1, 0.15) is 46.0 Å². The molecule has 1 unspecified atom stereocenters.